The van der Waals surface area contributed by atoms with Crippen LogP contribution < -0.4 is 0 Å². The molecule has 0 saturated heterocycles. The van der Waals surface area contributed by atoms with Crippen LogP contribution in [0.5, 0.6) is 0 Å². The van der Waals surface area contributed by atoms with Crippen LogP contribution in [0.1, 0.15) is 27.3 Å². The van der Waals surface area contributed by atoms with Crippen LogP contribution in [0.4, 0.5) is 0 Å². The standard InChI is InChI=1S/C18H16N4O2/c1-13-14(2)22(21-19-13)20-17(15-9-5-3-6-10-15)24-18(23)16-11-7-4-8-12-16/h3-12H,1-2H3/b20-17-. The van der Waals surface area contributed by atoms with Crippen molar-refractivity contribution in [1.29, 1.82) is 0 Å². The molecule has 0 aliphatic heterocycles. The number of ether oxygens (including phenoxy) is 1. The van der Waals surface area contributed by atoms with Gasteiger partial charge < -0.3 is 4.74 Å². The lowest BCUT2D eigenvalue weighted by Gasteiger charge is -2.08. The molecular weight excluding hydrogens is 304 g/mol. The molecule has 0 spiro atoms. The molecular formula is C18H16N4O2. The summed E-state index contributed by atoms with van der Waals surface area (Å²) < 4.78 is 5.51. The van der Waals surface area contributed by atoms with Gasteiger partial charge in [0.15, 0.2) is 0 Å². The molecule has 0 bridgehead atoms. The third kappa shape index (κ3) is 3.38. The number of hydrogen-bond donors (Lipinski definition) is 0. The van der Waals surface area contributed by atoms with Crippen LogP contribution in [0, 0.1) is 13.8 Å². The summed E-state index contributed by atoms with van der Waals surface area (Å²) in [5.41, 5.74) is 2.67. The van der Waals surface area contributed by atoms with E-state index in [-0.39, 0.29) is 5.90 Å². The molecule has 6 nitrogen and oxygen atoms in total. The fraction of sp³-hybridized carbons (Fsp3) is 0.111. The Bertz CT molecular complexity index is 871. The Morgan fingerprint density at radius 3 is 2.08 bits per heavy atom. The van der Waals surface area contributed by atoms with E-state index in [0.29, 0.717) is 11.1 Å². The zero-order valence-electron chi connectivity index (χ0n) is 13.4. The maximum Gasteiger partial charge on any atom is 0.344 e. The van der Waals surface area contributed by atoms with Gasteiger partial charge in [0, 0.05) is 5.56 Å². The summed E-state index contributed by atoms with van der Waals surface area (Å²) in [5.74, 6) is -0.315. The third-order valence-electron chi connectivity index (χ3n) is 3.51. The van der Waals surface area contributed by atoms with E-state index in [2.05, 4.69) is 15.4 Å². The first-order chi connectivity index (χ1) is 11.6. The van der Waals surface area contributed by atoms with Crippen LogP contribution in [0.3, 0.4) is 0 Å². The van der Waals surface area contributed by atoms with Crippen LogP contribution in [0.2, 0.25) is 0 Å². The number of carbonyl (C=O) groups is 1. The zero-order chi connectivity index (χ0) is 16.9. The van der Waals surface area contributed by atoms with Crippen molar-refractivity contribution in [2.24, 2.45) is 5.10 Å². The number of hydrogen-bond acceptors (Lipinski definition) is 5. The third-order valence-corrected chi connectivity index (χ3v) is 3.51. The summed E-state index contributed by atoms with van der Waals surface area (Å²) in [7, 11) is 0. The van der Waals surface area contributed by atoms with Crippen molar-refractivity contribution in [2.75, 3.05) is 0 Å². The Balaban J connectivity index is 1.97. The number of aromatic nitrogens is 3. The van der Waals surface area contributed by atoms with Crippen molar-refractivity contribution in [3.8, 4) is 0 Å². The van der Waals surface area contributed by atoms with Crippen LogP contribution in [0.25, 0.3) is 0 Å². The lowest BCUT2D eigenvalue weighted by Crippen LogP contribution is -2.16. The molecule has 6 heteroatoms. The minimum atomic E-state index is -0.479. The van der Waals surface area contributed by atoms with Crippen molar-refractivity contribution in [3.05, 3.63) is 83.2 Å². The van der Waals surface area contributed by atoms with Crippen molar-refractivity contribution < 1.29 is 9.53 Å². The summed E-state index contributed by atoms with van der Waals surface area (Å²) in [5, 5.41) is 12.2. The highest BCUT2D eigenvalue weighted by atomic mass is 16.5. The van der Waals surface area contributed by atoms with E-state index in [1.165, 1.54) is 4.79 Å². The molecule has 0 N–H and O–H groups in total. The number of carbonyl (C=O) groups excluding carboxylic acids is 1. The van der Waals surface area contributed by atoms with Gasteiger partial charge in [0.25, 0.3) is 0 Å². The lowest BCUT2D eigenvalue weighted by molar-refractivity contribution is 0.0716. The van der Waals surface area contributed by atoms with Crippen LogP contribution in [-0.2, 0) is 4.74 Å². The maximum atomic E-state index is 12.4. The molecule has 0 saturated carbocycles. The zero-order valence-corrected chi connectivity index (χ0v) is 13.4. The summed E-state index contributed by atoms with van der Waals surface area (Å²) in [6.07, 6.45) is 0. The van der Waals surface area contributed by atoms with E-state index < -0.39 is 5.97 Å². The average Bonchev–Trinajstić information content (AvgIpc) is 2.94. The van der Waals surface area contributed by atoms with Crippen molar-refractivity contribution in [3.63, 3.8) is 0 Å². The number of nitrogens with zero attached hydrogens (tertiary/aromatic N) is 4. The molecule has 24 heavy (non-hydrogen) atoms. The second-order valence-electron chi connectivity index (χ2n) is 5.18. The lowest BCUT2D eigenvalue weighted by atomic mass is 10.2. The molecule has 0 unspecified atom stereocenters. The largest absolute Gasteiger partial charge is 0.402 e. The Morgan fingerprint density at radius 2 is 1.54 bits per heavy atom. The number of aryl methyl sites for hydroxylation is 1. The predicted octanol–water partition coefficient (Wildman–Crippen LogP) is 2.96. The first-order valence-corrected chi connectivity index (χ1v) is 7.45. The van der Waals surface area contributed by atoms with E-state index in [0.717, 1.165) is 11.4 Å². The summed E-state index contributed by atoms with van der Waals surface area (Å²) in [6.45, 7) is 3.69. The SMILES string of the molecule is Cc1nnn(/N=C(\OC(=O)c2ccccc2)c2ccccc2)c1C. The van der Waals surface area contributed by atoms with E-state index in [1.54, 1.807) is 24.3 Å². The smallest absolute Gasteiger partial charge is 0.344 e. The average molecular weight is 320 g/mol. The second kappa shape index (κ2) is 6.87. The van der Waals surface area contributed by atoms with Gasteiger partial charge in [0.1, 0.15) is 0 Å². The molecule has 0 aliphatic rings. The van der Waals surface area contributed by atoms with E-state index in [4.69, 9.17) is 4.74 Å². The molecule has 3 rings (SSSR count). The van der Waals surface area contributed by atoms with Crippen LogP contribution >= 0.6 is 0 Å². The Morgan fingerprint density at radius 1 is 0.958 bits per heavy atom. The van der Waals surface area contributed by atoms with Gasteiger partial charge in [-0.25, -0.2) is 4.79 Å². The Kier molecular flexibility index (Phi) is 4.47. The van der Waals surface area contributed by atoms with E-state index in [1.807, 2.05) is 50.2 Å². The van der Waals surface area contributed by atoms with Gasteiger partial charge in [-0.1, -0.05) is 36.4 Å². The fourth-order valence-corrected chi connectivity index (χ4v) is 2.01. The molecule has 3 aromatic rings. The summed E-state index contributed by atoms with van der Waals surface area (Å²) in [4.78, 5) is 13.7. The molecule has 0 amide bonds. The van der Waals surface area contributed by atoms with Crippen LogP contribution in [-0.4, -0.2) is 27.0 Å². The second-order valence-corrected chi connectivity index (χ2v) is 5.18. The minimum Gasteiger partial charge on any atom is -0.402 e. The van der Waals surface area contributed by atoms with Crippen molar-refractivity contribution in [2.45, 2.75) is 13.8 Å². The van der Waals surface area contributed by atoms with Gasteiger partial charge in [-0.3, -0.25) is 0 Å². The fourth-order valence-electron chi connectivity index (χ4n) is 2.01. The van der Waals surface area contributed by atoms with Crippen LogP contribution in [0.15, 0.2) is 65.8 Å². The number of esters is 1. The number of benzene rings is 2. The summed E-state index contributed by atoms with van der Waals surface area (Å²) >= 11 is 0. The quantitative estimate of drug-likeness (QED) is 0.423. The van der Waals surface area contributed by atoms with E-state index >= 15 is 0 Å². The molecule has 1 heterocycles. The summed E-state index contributed by atoms with van der Waals surface area (Å²) in [6, 6.07) is 18.0. The molecule has 2 aromatic carbocycles. The predicted molar refractivity (Wildman–Crippen MR) is 89.7 cm³/mol. The molecule has 1 aromatic heterocycles. The van der Waals surface area contributed by atoms with Gasteiger partial charge in [-0.05, 0) is 43.3 Å². The highest BCUT2D eigenvalue weighted by molar-refractivity contribution is 6.04. The first kappa shape index (κ1) is 15.6. The molecule has 0 atom stereocenters. The molecule has 120 valence electrons. The van der Waals surface area contributed by atoms with Gasteiger partial charge in [0.2, 0.25) is 5.90 Å². The highest BCUT2D eigenvalue weighted by Gasteiger charge is 2.15. The normalized spacial score (nSPS) is 11.3. The molecule has 0 radical (unpaired) electrons. The maximum absolute atomic E-state index is 12.4. The Hall–Kier alpha value is -3.28. The topological polar surface area (TPSA) is 69.4 Å². The van der Waals surface area contributed by atoms with Gasteiger partial charge in [-0.15, -0.1) is 15.0 Å². The molecule has 0 aliphatic carbocycles. The van der Waals surface area contributed by atoms with Gasteiger partial charge in [0.05, 0.1) is 17.0 Å². The Labute approximate surface area is 139 Å². The van der Waals surface area contributed by atoms with Gasteiger partial charge in [-0.2, -0.15) is 0 Å². The monoisotopic (exact) mass is 320 g/mol. The van der Waals surface area contributed by atoms with Gasteiger partial charge >= 0.3 is 5.97 Å². The number of rotatable bonds is 3. The van der Waals surface area contributed by atoms with E-state index in [9.17, 15) is 4.79 Å². The minimum absolute atomic E-state index is 0.164. The first-order valence-electron chi connectivity index (χ1n) is 7.45. The van der Waals surface area contributed by atoms with Crippen molar-refractivity contribution >= 4 is 11.9 Å². The highest BCUT2D eigenvalue weighted by Crippen LogP contribution is 2.09. The van der Waals surface area contributed by atoms with Crippen molar-refractivity contribution in [1.82, 2.24) is 15.1 Å². The molecule has 0 fully saturated rings.